The van der Waals surface area contributed by atoms with Crippen molar-refractivity contribution in [3.8, 4) is 5.75 Å². The van der Waals surface area contributed by atoms with Gasteiger partial charge >= 0.3 is 12.2 Å². The monoisotopic (exact) mass is 384 g/mol. The first-order valence-corrected chi connectivity index (χ1v) is 8.83. The van der Waals surface area contributed by atoms with E-state index >= 15 is 0 Å². The zero-order valence-corrected chi connectivity index (χ0v) is 15.5. The number of amides is 2. The van der Waals surface area contributed by atoms with E-state index in [9.17, 15) is 9.59 Å². The molecule has 27 heavy (non-hydrogen) atoms. The SMILES string of the molecule is CCCC(N)c1ccc(OCCOCCOCCN(C(=O)O)C(=O)O)cc1. The first-order chi connectivity index (χ1) is 13.0. The summed E-state index contributed by atoms with van der Waals surface area (Å²) < 4.78 is 16.0. The molecule has 1 rings (SSSR count). The molecule has 0 aliphatic heterocycles. The molecule has 4 N–H and O–H groups in total. The van der Waals surface area contributed by atoms with Crippen LogP contribution in [0.15, 0.2) is 24.3 Å². The van der Waals surface area contributed by atoms with Gasteiger partial charge in [-0.3, -0.25) is 0 Å². The molecule has 9 nitrogen and oxygen atoms in total. The predicted molar refractivity (Wildman–Crippen MR) is 98.2 cm³/mol. The zero-order valence-electron chi connectivity index (χ0n) is 15.5. The van der Waals surface area contributed by atoms with Crippen LogP contribution in [0.3, 0.4) is 0 Å². The zero-order chi connectivity index (χ0) is 20.1. The third kappa shape index (κ3) is 9.23. The summed E-state index contributed by atoms with van der Waals surface area (Å²) >= 11 is 0. The maximum absolute atomic E-state index is 10.6. The van der Waals surface area contributed by atoms with Crippen molar-refractivity contribution in [1.29, 1.82) is 0 Å². The number of nitrogens with two attached hydrogens (primary N) is 1. The molecule has 1 unspecified atom stereocenters. The van der Waals surface area contributed by atoms with E-state index in [-0.39, 0.29) is 30.7 Å². The summed E-state index contributed by atoms with van der Waals surface area (Å²) in [5, 5.41) is 17.3. The second kappa shape index (κ2) is 12.9. The standard InChI is InChI=1S/C18H28N2O7/c1-2-3-16(19)14-4-6-15(7-5-14)27-13-12-26-11-10-25-9-8-20(17(21)22)18(23)24/h4-7,16H,2-3,8-13,19H2,1H3,(H,21,22)(H,23,24). The number of hydrogen-bond acceptors (Lipinski definition) is 6. The quantitative estimate of drug-likeness (QED) is 0.442. The maximum Gasteiger partial charge on any atom is 0.416 e. The second-order valence-electron chi connectivity index (χ2n) is 5.75. The minimum absolute atomic E-state index is 0.0228. The highest BCUT2D eigenvalue weighted by atomic mass is 16.5. The summed E-state index contributed by atoms with van der Waals surface area (Å²) in [6, 6.07) is 7.73. The fourth-order valence-electron chi connectivity index (χ4n) is 2.26. The van der Waals surface area contributed by atoms with E-state index in [1.807, 2.05) is 24.3 Å². The highest BCUT2D eigenvalue weighted by molar-refractivity contribution is 5.85. The van der Waals surface area contributed by atoms with Crippen LogP contribution in [0.2, 0.25) is 0 Å². The van der Waals surface area contributed by atoms with Crippen LogP contribution in [0, 0.1) is 0 Å². The Morgan fingerprint density at radius 2 is 1.56 bits per heavy atom. The number of carbonyl (C=O) groups is 2. The molecule has 1 aromatic carbocycles. The Labute approximate surface area is 158 Å². The third-order valence-corrected chi connectivity index (χ3v) is 3.70. The van der Waals surface area contributed by atoms with Gasteiger partial charge < -0.3 is 30.2 Å². The molecule has 2 amide bonds. The molecule has 0 aliphatic carbocycles. The lowest BCUT2D eigenvalue weighted by Gasteiger charge is -2.13. The number of imide groups is 1. The van der Waals surface area contributed by atoms with Crippen LogP contribution in [-0.4, -0.2) is 66.9 Å². The molecule has 0 aliphatic rings. The van der Waals surface area contributed by atoms with Gasteiger partial charge in [-0.25, -0.2) is 14.5 Å². The summed E-state index contributed by atoms with van der Waals surface area (Å²) in [7, 11) is 0. The fraction of sp³-hybridized carbons (Fsp3) is 0.556. The summed E-state index contributed by atoms with van der Waals surface area (Å²) in [6.45, 7) is 3.12. The van der Waals surface area contributed by atoms with Gasteiger partial charge in [-0.2, -0.15) is 0 Å². The van der Waals surface area contributed by atoms with Gasteiger partial charge in [0.1, 0.15) is 12.4 Å². The first kappa shape index (κ1) is 22.7. The molecule has 0 heterocycles. The topological polar surface area (TPSA) is 132 Å². The van der Waals surface area contributed by atoms with Gasteiger partial charge in [0.05, 0.1) is 33.0 Å². The van der Waals surface area contributed by atoms with Gasteiger partial charge in [-0.05, 0) is 24.1 Å². The average Bonchev–Trinajstić information content (AvgIpc) is 2.63. The van der Waals surface area contributed by atoms with E-state index < -0.39 is 12.2 Å². The Balaban J connectivity index is 2.07. The van der Waals surface area contributed by atoms with Crippen LogP contribution >= 0.6 is 0 Å². The van der Waals surface area contributed by atoms with E-state index in [4.69, 9.17) is 30.2 Å². The number of carboxylic acid groups (broad SMARTS) is 2. The lowest BCUT2D eigenvalue weighted by Crippen LogP contribution is -2.37. The number of benzene rings is 1. The molecular formula is C18H28N2O7. The van der Waals surface area contributed by atoms with Crippen molar-refractivity contribution in [3.05, 3.63) is 29.8 Å². The van der Waals surface area contributed by atoms with Gasteiger partial charge in [-0.15, -0.1) is 0 Å². The normalized spacial score (nSPS) is 11.8. The fourth-order valence-corrected chi connectivity index (χ4v) is 2.26. The van der Waals surface area contributed by atoms with Crippen molar-refractivity contribution in [1.82, 2.24) is 4.90 Å². The van der Waals surface area contributed by atoms with Gasteiger partial charge in [0, 0.05) is 6.04 Å². The van der Waals surface area contributed by atoms with Crippen LogP contribution in [-0.2, 0) is 9.47 Å². The van der Waals surface area contributed by atoms with Crippen molar-refractivity contribution in [2.45, 2.75) is 25.8 Å². The number of rotatable bonds is 13. The molecule has 0 saturated heterocycles. The van der Waals surface area contributed by atoms with E-state index in [0.717, 1.165) is 24.2 Å². The largest absolute Gasteiger partial charge is 0.491 e. The van der Waals surface area contributed by atoms with Crippen molar-refractivity contribution >= 4 is 12.2 Å². The molecule has 0 radical (unpaired) electrons. The van der Waals surface area contributed by atoms with Crippen LogP contribution in [0.4, 0.5) is 9.59 Å². The molecule has 152 valence electrons. The molecule has 0 saturated carbocycles. The van der Waals surface area contributed by atoms with Gasteiger partial charge in [0.15, 0.2) is 0 Å². The van der Waals surface area contributed by atoms with E-state index in [0.29, 0.717) is 19.8 Å². The average molecular weight is 384 g/mol. The molecule has 0 bridgehead atoms. The second-order valence-corrected chi connectivity index (χ2v) is 5.75. The summed E-state index contributed by atoms with van der Waals surface area (Å²) in [4.78, 5) is 21.5. The highest BCUT2D eigenvalue weighted by Crippen LogP contribution is 2.19. The Hall–Kier alpha value is -2.36. The molecule has 0 fully saturated rings. The molecule has 1 aromatic rings. The van der Waals surface area contributed by atoms with Crippen LogP contribution < -0.4 is 10.5 Å². The Morgan fingerprint density at radius 1 is 1.00 bits per heavy atom. The molecule has 1 atom stereocenters. The summed E-state index contributed by atoms with van der Waals surface area (Å²) in [5.74, 6) is 0.740. The number of hydrogen-bond donors (Lipinski definition) is 3. The van der Waals surface area contributed by atoms with E-state index in [1.165, 1.54) is 0 Å². The van der Waals surface area contributed by atoms with E-state index in [1.54, 1.807) is 0 Å². The van der Waals surface area contributed by atoms with Crippen molar-refractivity contribution in [3.63, 3.8) is 0 Å². The van der Waals surface area contributed by atoms with E-state index in [2.05, 4.69) is 6.92 Å². The maximum atomic E-state index is 10.6. The first-order valence-electron chi connectivity index (χ1n) is 8.83. The molecule has 9 heteroatoms. The molecular weight excluding hydrogens is 356 g/mol. The molecule has 0 aromatic heterocycles. The van der Waals surface area contributed by atoms with Gasteiger partial charge in [-0.1, -0.05) is 25.5 Å². The van der Waals surface area contributed by atoms with Crippen molar-refractivity contribution < 1.29 is 34.0 Å². The van der Waals surface area contributed by atoms with Gasteiger partial charge in [0.2, 0.25) is 0 Å². The molecule has 0 spiro atoms. The van der Waals surface area contributed by atoms with Crippen LogP contribution in [0.25, 0.3) is 0 Å². The van der Waals surface area contributed by atoms with Crippen molar-refractivity contribution in [2.75, 3.05) is 39.6 Å². The minimum atomic E-state index is -1.53. The Kier molecular flexibility index (Phi) is 10.8. The predicted octanol–water partition coefficient (Wildman–Crippen LogP) is 2.56. The minimum Gasteiger partial charge on any atom is -0.491 e. The van der Waals surface area contributed by atoms with Crippen LogP contribution in [0.1, 0.15) is 31.4 Å². The van der Waals surface area contributed by atoms with Gasteiger partial charge in [0.25, 0.3) is 0 Å². The third-order valence-electron chi connectivity index (χ3n) is 3.70. The number of ether oxygens (including phenoxy) is 3. The summed E-state index contributed by atoms with van der Waals surface area (Å²) in [5.41, 5.74) is 7.14. The highest BCUT2D eigenvalue weighted by Gasteiger charge is 2.18. The summed E-state index contributed by atoms with van der Waals surface area (Å²) in [6.07, 6.45) is -1.07. The Bertz CT molecular complexity index is 551. The van der Waals surface area contributed by atoms with Crippen molar-refractivity contribution in [2.24, 2.45) is 5.73 Å². The number of nitrogens with zero attached hydrogens (tertiary/aromatic N) is 1. The van der Waals surface area contributed by atoms with Crippen LogP contribution in [0.5, 0.6) is 5.75 Å². The lowest BCUT2D eigenvalue weighted by atomic mass is 10.0. The smallest absolute Gasteiger partial charge is 0.416 e. The Morgan fingerprint density at radius 3 is 2.11 bits per heavy atom. The lowest BCUT2D eigenvalue weighted by molar-refractivity contribution is 0.0301.